The molecule has 35 heavy (non-hydrogen) atoms. The molecule has 0 radical (unpaired) electrons. The number of halogens is 2. The van der Waals surface area contributed by atoms with E-state index in [4.69, 9.17) is 15.2 Å². The molecule has 0 bridgehead atoms. The summed E-state index contributed by atoms with van der Waals surface area (Å²) < 4.78 is 36.9. The largest absolute Gasteiger partial charge is 0.473 e. The van der Waals surface area contributed by atoms with E-state index < -0.39 is 24.5 Å². The van der Waals surface area contributed by atoms with E-state index in [1.54, 1.807) is 63.4 Å². The summed E-state index contributed by atoms with van der Waals surface area (Å²) in [6.45, 7) is 3.47. The normalized spacial score (nSPS) is 15.3. The molecule has 0 saturated heterocycles. The molecule has 186 valence electrons. The smallest absolute Gasteiger partial charge is 0.362 e. The first-order valence-corrected chi connectivity index (χ1v) is 10.9. The fourth-order valence-corrected chi connectivity index (χ4v) is 3.58. The Kier molecular flexibility index (Phi) is 7.73. The maximum Gasteiger partial charge on any atom is 0.362 e. The molecule has 0 aliphatic carbocycles. The molecule has 1 atom stereocenters. The number of nitrogens with one attached hydrogen (secondary N) is 1. The Bertz CT molecular complexity index is 1160. The van der Waals surface area contributed by atoms with Crippen molar-refractivity contribution in [3.05, 3.63) is 82.6 Å². The third-order valence-corrected chi connectivity index (χ3v) is 5.41. The highest BCUT2D eigenvalue weighted by Crippen LogP contribution is 2.29. The molecule has 0 spiro atoms. The lowest BCUT2D eigenvalue weighted by molar-refractivity contribution is -0.0468. The highest BCUT2D eigenvalue weighted by Gasteiger charge is 2.35. The first-order chi connectivity index (χ1) is 16.5. The summed E-state index contributed by atoms with van der Waals surface area (Å²) in [5.41, 5.74) is 7.91. The van der Waals surface area contributed by atoms with Crippen molar-refractivity contribution < 1.29 is 27.8 Å². The summed E-state index contributed by atoms with van der Waals surface area (Å²) >= 11 is 0. The number of fused-ring (bicyclic) bond motifs is 1. The summed E-state index contributed by atoms with van der Waals surface area (Å²) in [6, 6.07) is 9.55. The van der Waals surface area contributed by atoms with Crippen LogP contribution in [0.5, 0.6) is 5.75 Å². The van der Waals surface area contributed by atoms with Crippen LogP contribution in [0.3, 0.4) is 0 Å². The Labute approximate surface area is 202 Å². The number of benzene rings is 1. The minimum Gasteiger partial charge on any atom is -0.473 e. The minimum atomic E-state index is -2.99. The average molecular weight is 487 g/mol. The number of allylic oxidation sites excluding steroid dienone is 2. The fourth-order valence-electron chi connectivity index (χ4n) is 3.58. The number of rotatable bonds is 9. The lowest BCUT2D eigenvalue weighted by Gasteiger charge is -2.25. The summed E-state index contributed by atoms with van der Waals surface area (Å²) in [5, 5.41) is 2.73. The van der Waals surface area contributed by atoms with Gasteiger partial charge in [-0.3, -0.25) is 4.79 Å². The van der Waals surface area contributed by atoms with E-state index in [-0.39, 0.29) is 24.0 Å². The number of pyridine rings is 1. The number of esters is 1. The van der Waals surface area contributed by atoms with Crippen LogP contribution < -0.4 is 15.8 Å². The summed E-state index contributed by atoms with van der Waals surface area (Å²) in [7, 11) is 1.55. The molecule has 2 aromatic rings. The third-order valence-electron chi connectivity index (χ3n) is 5.41. The first-order valence-electron chi connectivity index (χ1n) is 10.9. The second-order valence-corrected chi connectivity index (χ2v) is 8.26. The molecule has 8 nitrogen and oxygen atoms in total. The van der Waals surface area contributed by atoms with Crippen molar-refractivity contribution in [1.29, 1.82) is 0 Å². The number of amides is 1. The van der Waals surface area contributed by atoms with Crippen LogP contribution in [0.1, 0.15) is 47.2 Å². The van der Waals surface area contributed by atoms with Crippen LogP contribution in [0.25, 0.3) is 0 Å². The number of para-hydroxylation sites is 1. The molecule has 3 rings (SSSR count). The molecular formula is C25H28F2N4O4. The van der Waals surface area contributed by atoms with Crippen molar-refractivity contribution in [2.45, 2.75) is 39.3 Å². The van der Waals surface area contributed by atoms with Crippen LogP contribution in [0, 0.1) is 0 Å². The van der Waals surface area contributed by atoms with Gasteiger partial charge in [-0.1, -0.05) is 18.2 Å². The SMILES string of the molecule is CN/C(OCC(C)(F)F)=C(C)\C=C(/N)C(C)N1Cc2c(ccnc2C(=O)Oc2ccccc2)C1=O. The van der Waals surface area contributed by atoms with Crippen molar-refractivity contribution in [2.24, 2.45) is 5.73 Å². The maximum atomic E-state index is 13.2. The molecule has 0 fully saturated rings. The van der Waals surface area contributed by atoms with Crippen molar-refractivity contribution in [3.8, 4) is 5.75 Å². The summed E-state index contributed by atoms with van der Waals surface area (Å²) in [5.74, 6) is -3.46. The predicted molar refractivity (Wildman–Crippen MR) is 126 cm³/mol. The van der Waals surface area contributed by atoms with Gasteiger partial charge in [-0.25, -0.2) is 18.6 Å². The lowest BCUT2D eigenvalue weighted by atomic mass is 10.1. The number of nitrogens with zero attached hydrogens (tertiary/aromatic N) is 2. The average Bonchev–Trinajstić information content (AvgIpc) is 3.15. The quantitative estimate of drug-likeness (QED) is 0.241. The standard InChI is InChI=1S/C25H28F2N4O4/c1-15(22(29-4)34-14-25(3,26)27)12-20(28)16(2)31-13-19-18(23(31)32)10-11-30-21(19)24(33)35-17-8-6-5-7-9-17/h5-12,16,29H,13-14,28H2,1-4H3/b20-12-,22-15+. The van der Waals surface area contributed by atoms with Gasteiger partial charge in [0, 0.05) is 49.1 Å². The van der Waals surface area contributed by atoms with Gasteiger partial charge >= 0.3 is 5.97 Å². The highest BCUT2D eigenvalue weighted by molar-refractivity contribution is 6.02. The Morgan fingerprint density at radius 1 is 1.31 bits per heavy atom. The van der Waals surface area contributed by atoms with Crippen LogP contribution in [0.2, 0.25) is 0 Å². The number of ether oxygens (including phenoxy) is 2. The van der Waals surface area contributed by atoms with Gasteiger partial charge in [0.15, 0.2) is 18.2 Å². The van der Waals surface area contributed by atoms with E-state index in [1.165, 1.54) is 11.1 Å². The number of alkyl halides is 2. The Morgan fingerprint density at radius 2 is 2.00 bits per heavy atom. The lowest BCUT2D eigenvalue weighted by Crippen LogP contribution is -2.37. The fraction of sp³-hybridized carbons (Fsp3) is 0.320. The number of hydrogen-bond donors (Lipinski definition) is 2. The second kappa shape index (κ2) is 10.5. The molecule has 1 aromatic carbocycles. The molecular weight excluding hydrogens is 458 g/mol. The van der Waals surface area contributed by atoms with Crippen molar-refractivity contribution in [2.75, 3.05) is 13.7 Å². The zero-order valence-electron chi connectivity index (χ0n) is 20.0. The summed E-state index contributed by atoms with van der Waals surface area (Å²) in [4.78, 5) is 31.5. The zero-order valence-corrected chi connectivity index (χ0v) is 20.0. The van der Waals surface area contributed by atoms with E-state index in [2.05, 4.69) is 10.3 Å². The molecule has 1 aliphatic rings. The predicted octanol–water partition coefficient (Wildman–Crippen LogP) is 3.61. The molecule has 1 unspecified atom stereocenters. The van der Waals surface area contributed by atoms with Gasteiger partial charge in [0.1, 0.15) is 5.75 Å². The van der Waals surface area contributed by atoms with E-state index in [0.717, 1.165) is 6.92 Å². The molecule has 10 heteroatoms. The number of carbonyl (C=O) groups excluding carboxylic acids is 2. The topological polar surface area (TPSA) is 107 Å². The molecule has 1 amide bonds. The highest BCUT2D eigenvalue weighted by atomic mass is 19.3. The minimum absolute atomic E-state index is 0.0550. The van der Waals surface area contributed by atoms with Gasteiger partial charge in [-0.2, -0.15) is 0 Å². The van der Waals surface area contributed by atoms with Crippen molar-refractivity contribution in [1.82, 2.24) is 15.2 Å². The maximum absolute atomic E-state index is 13.2. The van der Waals surface area contributed by atoms with Crippen LogP contribution in [0.15, 0.2) is 65.8 Å². The van der Waals surface area contributed by atoms with E-state index in [9.17, 15) is 18.4 Å². The van der Waals surface area contributed by atoms with Crippen molar-refractivity contribution >= 4 is 11.9 Å². The molecule has 0 saturated carbocycles. The third kappa shape index (κ3) is 6.14. The van der Waals surface area contributed by atoms with E-state index >= 15 is 0 Å². The van der Waals surface area contributed by atoms with E-state index in [1.807, 2.05) is 0 Å². The van der Waals surface area contributed by atoms with Crippen LogP contribution in [0.4, 0.5) is 8.78 Å². The number of carbonyl (C=O) groups is 2. The van der Waals surface area contributed by atoms with Gasteiger partial charge in [-0.15, -0.1) is 0 Å². The van der Waals surface area contributed by atoms with Gasteiger partial charge in [0.05, 0.1) is 6.04 Å². The number of nitrogens with two attached hydrogens (primary N) is 1. The molecule has 2 heterocycles. The molecule has 3 N–H and O–H groups in total. The Balaban J connectivity index is 1.80. The number of hydrogen-bond acceptors (Lipinski definition) is 7. The van der Waals surface area contributed by atoms with E-state index in [0.29, 0.717) is 28.1 Å². The van der Waals surface area contributed by atoms with Gasteiger partial charge in [0.2, 0.25) is 0 Å². The van der Waals surface area contributed by atoms with Gasteiger partial charge < -0.3 is 25.4 Å². The second-order valence-electron chi connectivity index (χ2n) is 8.26. The van der Waals surface area contributed by atoms with Gasteiger partial charge in [0.25, 0.3) is 11.8 Å². The van der Waals surface area contributed by atoms with Crippen molar-refractivity contribution in [3.63, 3.8) is 0 Å². The monoisotopic (exact) mass is 486 g/mol. The Hall–Kier alpha value is -3.95. The van der Waals surface area contributed by atoms with Gasteiger partial charge in [-0.05, 0) is 38.1 Å². The molecule has 1 aliphatic heterocycles. The van der Waals surface area contributed by atoms with Crippen LogP contribution in [-0.4, -0.2) is 47.4 Å². The first kappa shape index (κ1) is 25.7. The number of aromatic nitrogens is 1. The molecule has 1 aromatic heterocycles. The Morgan fingerprint density at radius 3 is 2.63 bits per heavy atom. The van der Waals surface area contributed by atoms with Crippen LogP contribution >= 0.6 is 0 Å². The zero-order chi connectivity index (χ0) is 25.8. The summed E-state index contributed by atoms with van der Waals surface area (Å²) in [6.07, 6.45) is 2.95. The van der Waals surface area contributed by atoms with Crippen LogP contribution in [-0.2, 0) is 11.3 Å².